The average molecular weight is 648 g/mol. The molecule has 0 N–H and O–H groups in total. The molecule has 0 unspecified atom stereocenters. The Balaban J connectivity index is 1.04. The molecular weight excluding hydrogens is 619 g/mol. The van der Waals surface area contributed by atoms with Gasteiger partial charge in [-0.2, -0.15) is 0 Å². The minimum Gasteiger partial charge on any atom is -0.454 e. The molecule has 2 aliphatic rings. The van der Waals surface area contributed by atoms with E-state index in [0.717, 1.165) is 33.1 Å². The van der Waals surface area contributed by atoms with Gasteiger partial charge >= 0.3 is 0 Å². The zero-order valence-corrected chi connectivity index (χ0v) is 27.6. The third-order valence-electron chi connectivity index (χ3n) is 11.6. The molecule has 0 atom stereocenters. The smallest absolute Gasteiger partial charge is 0.160 e. The van der Waals surface area contributed by atoms with Crippen molar-refractivity contribution in [3.8, 4) is 39.1 Å². The van der Waals surface area contributed by atoms with Crippen molar-refractivity contribution in [2.75, 3.05) is 0 Å². The van der Waals surface area contributed by atoms with Crippen LogP contribution in [0.1, 0.15) is 22.3 Å². The fourth-order valence-corrected chi connectivity index (χ4v) is 9.58. The highest BCUT2D eigenvalue weighted by Crippen LogP contribution is 2.63. The van der Waals surface area contributed by atoms with Gasteiger partial charge in [0, 0.05) is 27.2 Å². The lowest BCUT2D eigenvalue weighted by molar-refractivity contribution is 0.671. The quantitative estimate of drug-likeness (QED) is 0.183. The third kappa shape index (κ3) is 3.37. The maximum absolute atomic E-state index is 6.58. The molecule has 0 fully saturated rings. The Morgan fingerprint density at radius 3 is 1.67 bits per heavy atom. The molecule has 2 heteroatoms. The molecule has 0 saturated carbocycles. The first-order valence-electron chi connectivity index (χ1n) is 17.7. The Bertz CT molecular complexity index is 3040. The molecule has 0 saturated heterocycles. The van der Waals surface area contributed by atoms with Crippen LogP contribution in [0, 0.1) is 0 Å². The predicted octanol–water partition coefficient (Wildman–Crippen LogP) is 12.7. The molecular formula is C49H29NO. The minimum absolute atomic E-state index is 0.319. The summed E-state index contributed by atoms with van der Waals surface area (Å²) in [5.74, 6) is 0. The first-order valence-corrected chi connectivity index (χ1v) is 17.7. The summed E-state index contributed by atoms with van der Waals surface area (Å²) in [6.07, 6.45) is 0. The summed E-state index contributed by atoms with van der Waals surface area (Å²) >= 11 is 0. The minimum atomic E-state index is -0.319. The molecule has 12 rings (SSSR count). The summed E-state index contributed by atoms with van der Waals surface area (Å²) in [5.41, 5.74) is 18.1. The number of furan rings is 1. The van der Waals surface area contributed by atoms with E-state index in [4.69, 9.17) is 4.42 Å². The normalized spacial score (nSPS) is 13.6. The molecule has 10 aromatic rings. The number of para-hydroxylation sites is 2. The van der Waals surface area contributed by atoms with Gasteiger partial charge in [0.15, 0.2) is 5.58 Å². The second-order valence-corrected chi connectivity index (χ2v) is 14.0. The number of fused-ring (bicyclic) bond motifs is 17. The Hall–Kier alpha value is -6.64. The van der Waals surface area contributed by atoms with Crippen LogP contribution < -0.4 is 0 Å². The maximum atomic E-state index is 6.58. The van der Waals surface area contributed by atoms with E-state index in [1.807, 2.05) is 6.07 Å². The Labute approximate surface area is 294 Å². The van der Waals surface area contributed by atoms with Gasteiger partial charge in [-0.05, 0) is 92.0 Å². The molecule has 2 aromatic heterocycles. The second-order valence-electron chi connectivity index (χ2n) is 14.0. The van der Waals surface area contributed by atoms with E-state index in [9.17, 15) is 0 Å². The third-order valence-corrected chi connectivity index (χ3v) is 11.6. The van der Waals surface area contributed by atoms with E-state index in [1.165, 1.54) is 71.9 Å². The van der Waals surface area contributed by atoms with Crippen LogP contribution in [0.25, 0.3) is 82.8 Å². The molecule has 2 aliphatic carbocycles. The number of nitrogens with zero attached hydrogens (tertiary/aromatic N) is 1. The van der Waals surface area contributed by atoms with Crippen LogP contribution in [0.3, 0.4) is 0 Å². The summed E-state index contributed by atoms with van der Waals surface area (Å²) in [6.45, 7) is 0. The van der Waals surface area contributed by atoms with Crippen molar-refractivity contribution in [1.82, 2.24) is 4.57 Å². The predicted molar refractivity (Wildman–Crippen MR) is 210 cm³/mol. The Morgan fingerprint density at radius 2 is 0.941 bits per heavy atom. The largest absolute Gasteiger partial charge is 0.454 e. The first kappa shape index (κ1) is 27.2. The van der Waals surface area contributed by atoms with Crippen molar-refractivity contribution < 1.29 is 4.42 Å². The summed E-state index contributed by atoms with van der Waals surface area (Å²) in [5, 5.41) is 4.70. The van der Waals surface area contributed by atoms with Gasteiger partial charge < -0.3 is 8.98 Å². The lowest BCUT2D eigenvalue weighted by atomic mass is 9.70. The number of hydrogen-bond acceptors (Lipinski definition) is 1. The molecule has 0 bridgehead atoms. The van der Waals surface area contributed by atoms with E-state index < -0.39 is 0 Å². The van der Waals surface area contributed by atoms with Crippen molar-refractivity contribution in [3.63, 3.8) is 0 Å². The Kier molecular flexibility index (Phi) is 5.20. The van der Waals surface area contributed by atoms with Gasteiger partial charge in [-0.25, -0.2) is 0 Å². The molecule has 0 aliphatic heterocycles. The summed E-state index contributed by atoms with van der Waals surface area (Å²) in [7, 11) is 0. The van der Waals surface area contributed by atoms with Crippen molar-refractivity contribution in [2.24, 2.45) is 0 Å². The molecule has 2 nitrogen and oxygen atoms in total. The monoisotopic (exact) mass is 647 g/mol. The zero-order chi connectivity index (χ0) is 33.3. The van der Waals surface area contributed by atoms with Gasteiger partial charge in [0.05, 0.1) is 16.4 Å². The first-order chi connectivity index (χ1) is 25.3. The lowest BCUT2D eigenvalue weighted by Crippen LogP contribution is -2.25. The topological polar surface area (TPSA) is 18.1 Å². The van der Waals surface area contributed by atoms with Crippen molar-refractivity contribution in [1.29, 1.82) is 0 Å². The summed E-state index contributed by atoms with van der Waals surface area (Å²) in [4.78, 5) is 0. The van der Waals surface area contributed by atoms with Crippen LogP contribution in [0.15, 0.2) is 180 Å². The van der Waals surface area contributed by atoms with Gasteiger partial charge in [0.1, 0.15) is 5.58 Å². The van der Waals surface area contributed by atoms with Gasteiger partial charge in [-0.15, -0.1) is 0 Å². The molecule has 51 heavy (non-hydrogen) atoms. The van der Waals surface area contributed by atoms with Crippen molar-refractivity contribution in [3.05, 3.63) is 198 Å². The number of aromatic nitrogens is 1. The second kappa shape index (κ2) is 9.74. The van der Waals surface area contributed by atoms with Gasteiger partial charge in [-0.3, -0.25) is 0 Å². The molecule has 0 radical (unpaired) electrons. The van der Waals surface area contributed by atoms with Gasteiger partial charge in [0.2, 0.25) is 0 Å². The van der Waals surface area contributed by atoms with E-state index in [1.54, 1.807) is 0 Å². The fraction of sp³-hybridized carbons (Fsp3) is 0.0204. The van der Waals surface area contributed by atoms with E-state index in [-0.39, 0.29) is 5.41 Å². The highest BCUT2D eigenvalue weighted by molar-refractivity contribution is 6.21. The number of benzene rings is 8. The SMILES string of the molecule is c1ccc2c(c1)-c1ccccc1C21c2ccccc2-c2cc(-c3ccc(-n4c5ccccc5c5ccc6c7ccccc7oc6c54)cc3)ccc21. The molecule has 1 spiro atoms. The standard InChI is InChI=1S/C49H29NO/c1-6-16-41-33(11-1)34-12-2-7-17-42(34)49(41)43-18-8-3-13-35(43)40-29-31(23-28-44(40)49)30-21-24-32(25-22-30)50-45-19-9-4-14-36(45)38-26-27-39-37-15-5-10-20-46(37)51-48(39)47(38)50/h1-29H. The van der Waals surface area contributed by atoms with Crippen molar-refractivity contribution >= 4 is 43.7 Å². The summed E-state index contributed by atoms with van der Waals surface area (Å²) < 4.78 is 8.96. The number of rotatable bonds is 2. The average Bonchev–Trinajstić information content (AvgIpc) is 3.92. The lowest BCUT2D eigenvalue weighted by Gasteiger charge is -2.30. The van der Waals surface area contributed by atoms with Crippen LogP contribution >= 0.6 is 0 Å². The number of hydrogen-bond donors (Lipinski definition) is 0. The van der Waals surface area contributed by atoms with Gasteiger partial charge in [0.25, 0.3) is 0 Å². The fourth-order valence-electron chi connectivity index (χ4n) is 9.58. The molecule has 236 valence electrons. The Morgan fingerprint density at radius 1 is 0.392 bits per heavy atom. The van der Waals surface area contributed by atoms with Crippen molar-refractivity contribution in [2.45, 2.75) is 5.41 Å². The molecule has 2 heterocycles. The van der Waals surface area contributed by atoms with Crippen LogP contribution in [0.2, 0.25) is 0 Å². The molecule has 0 amide bonds. The van der Waals surface area contributed by atoms with E-state index in [0.29, 0.717) is 0 Å². The van der Waals surface area contributed by atoms with E-state index >= 15 is 0 Å². The zero-order valence-electron chi connectivity index (χ0n) is 27.6. The van der Waals surface area contributed by atoms with E-state index in [2.05, 4.69) is 174 Å². The highest BCUT2D eigenvalue weighted by atomic mass is 16.3. The van der Waals surface area contributed by atoms with Crippen LogP contribution in [-0.4, -0.2) is 4.57 Å². The summed E-state index contributed by atoms with van der Waals surface area (Å²) in [6, 6.07) is 64.7. The van der Waals surface area contributed by atoms with Gasteiger partial charge in [-0.1, -0.05) is 140 Å². The van der Waals surface area contributed by atoms with Crippen LogP contribution in [-0.2, 0) is 5.41 Å². The highest BCUT2D eigenvalue weighted by Gasteiger charge is 2.51. The maximum Gasteiger partial charge on any atom is 0.160 e. The van der Waals surface area contributed by atoms with Crippen LogP contribution in [0.4, 0.5) is 0 Å². The van der Waals surface area contributed by atoms with Crippen LogP contribution in [0.5, 0.6) is 0 Å². The molecule has 8 aromatic carbocycles.